The number of benzene rings is 1. The van der Waals surface area contributed by atoms with Gasteiger partial charge >= 0.3 is 11.9 Å². The topological polar surface area (TPSA) is 107 Å². The summed E-state index contributed by atoms with van der Waals surface area (Å²) in [5.41, 5.74) is 0.388. The Morgan fingerprint density at radius 1 is 1.26 bits per heavy atom. The molecule has 0 amide bonds. The van der Waals surface area contributed by atoms with E-state index in [0.29, 0.717) is 5.56 Å². The molecule has 0 aliphatic rings. The van der Waals surface area contributed by atoms with Crippen LogP contribution in [-0.2, 0) is 26.4 Å². The van der Waals surface area contributed by atoms with E-state index < -0.39 is 18.0 Å². The van der Waals surface area contributed by atoms with E-state index in [4.69, 9.17) is 10.2 Å². The Hall–Kier alpha value is -1.86. The molecule has 3 N–H and O–H groups in total. The van der Waals surface area contributed by atoms with Crippen molar-refractivity contribution in [2.24, 2.45) is 4.99 Å². The predicted molar refractivity (Wildman–Crippen MR) is 64.0 cm³/mol. The molecule has 1 radical (unpaired) electrons. The van der Waals surface area contributed by atoms with Gasteiger partial charge in [-0.25, -0.2) is 4.79 Å². The maximum atomic E-state index is 10.8. The summed E-state index contributed by atoms with van der Waals surface area (Å²) in [4.78, 5) is 25.0. The summed E-state index contributed by atoms with van der Waals surface area (Å²) < 4.78 is 0. The normalized spacial score (nSPS) is 11.8. The average Bonchev–Trinajstić information content (AvgIpc) is 2.30. The minimum absolute atomic E-state index is 0. The fourth-order valence-corrected chi connectivity index (χ4v) is 1.29. The van der Waals surface area contributed by atoms with Gasteiger partial charge in [-0.3, -0.25) is 9.79 Å². The minimum Gasteiger partial charge on any atom is -0.507 e. The molecule has 0 aromatic heterocycles. The first-order valence-corrected chi connectivity index (χ1v) is 5.26. The molecule has 0 spiro atoms. The van der Waals surface area contributed by atoms with Gasteiger partial charge in [-0.1, -0.05) is 12.1 Å². The van der Waals surface area contributed by atoms with E-state index in [-0.39, 0.29) is 35.4 Å². The van der Waals surface area contributed by atoms with Crippen molar-refractivity contribution < 1.29 is 41.7 Å². The van der Waals surface area contributed by atoms with Crippen LogP contribution in [0.3, 0.4) is 0 Å². The first-order chi connectivity index (χ1) is 8.50. The molecule has 105 valence electrons. The molecule has 0 heterocycles. The third-order valence-corrected chi connectivity index (χ3v) is 2.25. The summed E-state index contributed by atoms with van der Waals surface area (Å²) in [6, 6.07) is 5.21. The Kier molecular flexibility index (Phi) is 7.46. The van der Waals surface area contributed by atoms with Crippen molar-refractivity contribution in [3.63, 3.8) is 0 Å². The van der Waals surface area contributed by atoms with Crippen molar-refractivity contribution in [1.29, 1.82) is 0 Å². The maximum absolute atomic E-state index is 10.8. The number of carbonyl (C=O) groups is 2. The van der Waals surface area contributed by atoms with Crippen LogP contribution in [0.15, 0.2) is 29.3 Å². The number of aromatic hydroxyl groups is 1. The van der Waals surface area contributed by atoms with E-state index in [0.717, 1.165) is 0 Å². The van der Waals surface area contributed by atoms with Gasteiger partial charge in [-0.05, 0) is 18.6 Å². The summed E-state index contributed by atoms with van der Waals surface area (Å²) in [6.45, 7) is 0. The van der Waals surface area contributed by atoms with Crippen molar-refractivity contribution in [2.45, 2.75) is 18.9 Å². The number of hydrogen-bond donors (Lipinski definition) is 3. The Morgan fingerprint density at radius 2 is 1.89 bits per heavy atom. The van der Waals surface area contributed by atoms with Crippen molar-refractivity contribution in [2.75, 3.05) is 0 Å². The number of para-hydroxylation sites is 1. The van der Waals surface area contributed by atoms with E-state index in [9.17, 15) is 14.7 Å². The Balaban J connectivity index is 0.00000324. The van der Waals surface area contributed by atoms with Gasteiger partial charge in [0, 0.05) is 35.0 Å². The van der Waals surface area contributed by atoms with Crippen molar-refractivity contribution in [1.82, 2.24) is 0 Å². The molecule has 7 heteroatoms. The van der Waals surface area contributed by atoms with Crippen LogP contribution in [0.25, 0.3) is 0 Å². The van der Waals surface area contributed by atoms with Gasteiger partial charge in [-0.15, -0.1) is 0 Å². The number of phenols is 1. The predicted octanol–water partition coefficient (Wildman–Crippen LogP) is 1.13. The van der Waals surface area contributed by atoms with Crippen LogP contribution < -0.4 is 0 Å². The van der Waals surface area contributed by atoms with E-state index in [1.807, 2.05) is 0 Å². The van der Waals surface area contributed by atoms with Crippen LogP contribution in [0, 0.1) is 0 Å². The smallest absolute Gasteiger partial charge is 0.328 e. The fraction of sp³-hybridized carbons (Fsp3) is 0.250. The SMILES string of the molecule is O=C(O)CCC(N=Cc1ccccc1O)C(=O)O.[Co]. The first-order valence-electron chi connectivity index (χ1n) is 5.26. The number of nitrogens with zero attached hydrogens (tertiary/aromatic N) is 1. The van der Waals surface area contributed by atoms with Gasteiger partial charge in [0.25, 0.3) is 0 Å². The molecule has 0 aliphatic heterocycles. The van der Waals surface area contributed by atoms with Gasteiger partial charge in [-0.2, -0.15) is 0 Å². The van der Waals surface area contributed by atoms with Crippen LogP contribution >= 0.6 is 0 Å². The molecule has 1 rings (SSSR count). The summed E-state index contributed by atoms with van der Waals surface area (Å²) in [7, 11) is 0. The van der Waals surface area contributed by atoms with Crippen molar-refractivity contribution in [3.8, 4) is 5.75 Å². The first kappa shape index (κ1) is 17.1. The third-order valence-electron chi connectivity index (χ3n) is 2.25. The summed E-state index contributed by atoms with van der Waals surface area (Å²) >= 11 is 0. The van der Waals surface area contributed by atoms with E-state index >= 15 is 0 Å². The summed E-state index contributed by atoms with van der Waals surface area (Å²) in [5.74, 6) is -2.27. The van der Waals surface area contributed by atoms with Crippen LogP contribution in [0.5, 0.6) is 5.75 Å². The standard InChI is InChI=1S/C12H13NO5.Co/c14-10-4-2-1-3-8(10)7-13-9(12(17)18)5-6-11(15)16;/h1-4,7,9,14H,5-6H2,(H,15,16)(H,17,18);. The molecule has 19 heavy (non-hydrogen) atoms. The summed E-state index contributed by atoms with van der Waals surface area (Å²) in [6.07, 6.45) is 0.875. The molecule has 0 saturated carbocycles. The number of hydrogen-bond acceptors (Lipinski definition) is 4. The molecule has 1 atom stereocenters. The fourth-order valence-electron chi connectivity index (χ4n) is 1.29. The second-order valence-electron chi connectivity index (χ2n) is 3.62. The quantitative estimate of drug-likeness (QED) is 0.683. The summed E-state index contributed by atoms with van der Waals surface area (Å²) in [5, 5.41) is 26.8. The molecule has 1 unspecified atom stereocenters. The van der Waals surface area contributed by atoms with Gasteiger partial charge in [0.1, 0.15) is 11.8 Å². The number of rotatable bonds is 6. The molecule has 0 saturated heterocycles. The average molecular weight is 310 g/mol. The zero-order valence-electron chi connectivity index (χ0n) is 9.82. The zero-order chi connectivity index (χ0) is 13.5. The number of carboxylic acid groups (broad SMARTS) is 2. The van der Waals surface area contributed by atoms with Crippen molar-refractivity contribution in [3.05, 3.63) is 29.8 Å². The number of aliphatic imine (C=N–C) groups is 1. The maximum Gasteiger partial charge on any atom is 0.328 e. The van der Waals surface area contributed by atoms with Gasteiger partial charge in [0.05, 0.1) is 0 Å². The second-order valence-corrected chi connectivity index (χ2v) is 3.62. The minimum atomic E-state index is -1.19. The largest absolute Gasteiger partial charge is 0.507 e. The molecule has 6 nitrogen and oxygen atoms in total. The van der Waals surface area contributed by atoms with E-state index in [2.05, 4.69) is 4.99 Å². The Labute approximate surface area is 120 Å². The number of phenolic OH excluding ortho intramolecular Hbond substituents is 1. The molecule has 0 fully saturated rings. The van der Waals surface area contributed by atoms with Crippen molar-refractivity contribution >= 4 is 18.2 Å². The number of carboxylic acids is 2. The van der Waals surface area contributed by atoms with Gasteiger partial charge < -0.3 is 15.3 Å². The zero-order valence-corrected chi connectivity index (χ0v) is 10.9. The number of aliphatic carboxylic acids is 2. The van der Waals surface area contributed by atoms with Gasteiger partial charge in [0.2, 0.25) is 0 Å². The molecular weight excluding hydrogens is 297 g/mol. The second kappa shape index (κ2) is 8.28. The van der Waals surface area contributed by atoms with Crippen LogP contribution in [0.4, 0.5) is 0 Å². The monoisotopic (exact) mass is 310 g/mol. The molecule has 0 aliphatic carbocycles. The van der Waals surface area contributed by atoms with E-state index in [1.54, 1.807) is 18.2 Å². The third kappa shape index (κ3) is 6.02. The van der Waals surface area contributed by atoms with Gasteiger partial charge in [0.15, 0.2) is 0 Å². The van der Waals surface area contributed by atoms with E-state index in [1.165, 1.54) is 12.3 Å². The molecule has 1 aromatic rings. The molecule has 1 aromatic carbocycles. The molecular formula is C12H13CoNO5. The Morgan fingerprint density at radius 3 is 2.42 bits per heavy atom. The van der Waals surface area contributed by atoms with Crippen LogP contribution in [-0.4, -0.2) is 39.5 Å². The molecule has 0 bridgehead atoms. The Bertz CT molecular complexity index is 475. The van der Waals surface area contributed by atoms with Crippen LogP contribution in [0.1, 0.15) is 18.4 Å². The van der Waals surface area contributed by atoms with Crippen LogP contribution in [0.2, 0.25) is 0 Å².